The third-order valence-corrected chi connectivity index (χ3v) is 3.54. The molecule has 2 aromatic rings. The molecular formula is C11H11FN2OS. The highest BCUT2D eigenvalue weighted by Gasteiger charge is 2.29. The molecule has 1 aliphatic heterocycles. The van der Waals surface area contributed by atoms with E-state index in [9.17, 15) is 4.39 Å². The third-order valence-electron chi connectivity index (χ3n) is 2.61. The molecule has 16 heavy (non-hydrogen) atoms. The van der Waals surface area contributed by atoms with Crippen molar-refractivity contribution in [1.29, 1.82) is 0 Å². The first-order chi connectivity index (χ1) is 7.83. The molecule has 0 spiro atoms. The van der Waals surface area contributed by atoms with Gasteiger partial charge in [0, 0.05) is 13.1 Å². The predicted molar refractivity (Wildman–Crippen MR) is 61.8 cm³/mol. The Balaban J connectivity index is 1.83. The molecule has 0 saturated carbocycles. The summed E-state index contributed by atoms with van der Waals surface area (Å²) in [5.41, 5.74) is 0.906. The molecule has 0 aliphatic carbocycles. The van der Waals surface area contributed by atoms with E-state index in [-0.39, 0.29) is 0 Å². The summed E-state index contributed by atoms with van der Waals surface area (Å²) in [6.07, 6.45) is -1.34. The molecular weight excluding hydrogens is 227 g/mol. The Morgan fingerprint density at radius 3 is 3.00 bits per heavy atom. The number of nitrogens with zero attached hydrogens (tertiary/aromatic N) is 1. The van der Waals surface area contributed by atoms with Gasteiger partial charge in [0.1, 0.15) is 6.10 Å². The molecule has 2 atom stereocenters. The number of rotatable bonds is 2. The topological polar surface area (TPSA) is 34.1 Å². The number of benzene rings is 1. The number of aromatic nitrogens is 1. The van der Waals surface area contributed by atoms with Gasteiger partial charge in [0.15, 0.2) is 6.17 Å². The Hall–Kier alpha value is -1.20. The average Bonchev–Trinajstić information content (AvgIpc) is 2.85. The van der Waals surface area contributed by atoms with Crippen LogP contribution in [-0.2, 0) is 0 Å². The zero-order chi connectivity index (χ0) is 11.0. The quantitative estimate of drug-likeness (QED) is 0.868. The van der Waals surface area contributed by atoms with Gasteiger partial charge in [0.2, 0.25) is 0 Å². The normalized spacial score (nSPS) is 25.1. The van der Waals surface area contributed by atoms with Crippen molar-refractivity contribution in [2.75, 3.05) is 13.1 Å². The monoisotopic (exact) mass is 238 g/mol. The minimum atomic E-state index is -0.938. The fourth-order valence-electron chi connectivity index (χ4n) is 1.77. The summed E-state index contributed by atoms with van der Waals surface area (Å²) in [5, 5.41) is 3.51. The Morgan fingerprint density at radius 1 is 1.38 bits per heavy atom. The van der Waals surface area contributed by atoms with Crippen LogP contribution in [-0.4, -0.2) is 30.3 Å². The van der Waals surface area contributed by atoms with Crippen molar-refractivity contribution in [1.82, 2.24) is 10.3 Å². The van der Waals surface area contributed by atoms with Crippen LogP contribution < -0.4 is 10.1 Å². The van der Waals surface area contributed by atoms with Gasteiger partial charge in [0.25, 0.3) is 5.19 Å². The molecule has 1 fully saturated rings. The molecule has 2 unspecified atom stereocenters. The van der Waals surface area contributed by atoms with E-state index in [1.165, 1.54) is 11.3 Å². The van der Waals surface area contributed by atoms with Gasteiger partial charge < -0.3 is 10.1 Å². The van der Waals surface area contributed by atoms with E-state index in [4.69, 9.17) is 4.74 Å². The number of ether oxygens (including phenoxy) is 1. The summed E-state index contributed by atoms with van der Waals surface area (Å²) in [6, 6.07) is 7.80. The largest absolute Gasteiger partial charge is 0.462 e. The summed E-state index contributed by atoms with van der Waals surface area (Å²) in [4.78, 5) is 4.31. The Bertz CT molecular complexity index is 468. The lowest BCUT2D eigenvalue weighted by atomic mass is 10.3. The lowest BCUT2D eigenvalue weighted by molar-refractivity contribution is 0.140. The number of nitrogens with one attached hydrogen (secondary N) is 1. The number of hydrogen-bond donors (Lipinski definition) is 1. The molecule has 3 nitrogen and oxygen atoms in total. The Kier molecular flexibility index (Phi) is 2.49. The first-order valence-corrected chi connectivity index (χ1v) is 6.01. The van der Waals surface area contributed by atoms with Gasteiger partial charge in [-0.15, -0.1) is 0 Å². The number of alkyl halides is 1. The van der Waals surface area contributed by atoms with Crippen molar-refractivity contribution in [3.63, 3.8) is 0 Å². The maximum Gasteiger partial charge on any atom is 0.274 e. The molecule has 1 aromatic heterocycles. The van der Waals surface area contributed by atoms with Gasteiger partial charge in [-0.05, 0) is 12.1 Å². The minimum Gasteiger partial charge on any atom is -0.462 e. The van der Waals surface area contributed by atoms with Gasteiger partial charge >= 0.3 is 0 Å². The lowest BCUT2D eigenvalue weighted by Gasteiger charge is -2.11. The van der Waals surface area contributed by atoms with E-state index < -0.39 is 12.3 Å². The van der Waals surface area contributed by atoms with Gasteiger partial charge in [-0.25, -0.2) is 9.37 Å². The van der Waals surface area contributed by atoms with E-state index >= 15 is 0 Å². The first-order valence-electron chi connectivity index (χ1n) is 5.20. The van der Waals surface area contributed by atoms with Crippen molar-refractivity contribution in [2.45, 2.75) is 12.3 Å². The van der Waals surface area contributed by atoms with Crippen LogP contribution in [0, 0.1) is 0 Å². The number of halogens is 1. The van der Waals surface area contributed by atoms with E-state index in [0.717, 1.165) is 10.2 Å². The third kappa shape index (κ3) is 1.76. The minimum absolute atomic E-state index is 0.371. The second kappa shape index (κ2) is 3.99. The van der Waals surface area contributed by atoms with E-state index in [0.29, 0.717) is 18.3 Å². The summed E-state index contributed by atoms with van der Waals surface area (Å²) in [6.45, 7) is 0.923. The maximum atomic E-state index is 13.3. The van der Waals surface area contributed by atoms with Gasteiger partial charge in [-0.3, -0.25) is 0 Å². The second-order valence-electron chi connectivity index (χ2n) is 3.78. The number of thiazole rings is 1. The molecule has 0 bridgehead atoms. The predicted octanol–water partition coefficient (Wildman–Crippen LogP) is 1.98. The standard InChI is InChI=1S/C11H11FN2OS/c12-7-5-13-6-9(7)15-11-14-8-3-1-2-4-10(8)16-11/h1-4,7,9,13H,5-6H2. The summed E-state index contributed by atoms with van der Waals surface area (Å²) >= 11 is 1.46. The van der Waals surface area contributed by atoms with Gasteiger partial charge in [-0.2, -0.15) is 0 Å². The highest BCUT2D eigenvalue weighted by Crippen LogP contribution is 2.28. The van der Waals surface area contributed by atoms with Crippen molar-refractivity contribution in [3.05, 3.63) is 24.3 Å². The Morgan fingerprint density at radius 2 is 2.25 bits per heavy atom. The zero-order valence-corrected chi connectivity index (χ0v) is 9.34. The highest BCUT2D eigenvalue weighted by molar-refractivity contribution is 7.20. The summed E-state index contributed by atoms with van der Waals surface area (Å²) < 4.78 is 19.9. The van der Waals surface area contributed by atoms with E-state index in [2.05, 4.69) is 10.3 Å². The summed E-state index contributed by atoms with van der Waals surface area (Å²) in [7, 11) is 0. The Labute approximate surface area is 96.3 Å². The smallest absolute Gasteiger partial charge is 0.274 e. The highest BCUT2D eigenvalue weighted by atomic mass is 32.1. The zero-order valence-electron chi connectivity index (χ0n) is 8.52. The lowest BCUT2D eigenvalue weighted by Crippen LogP contribution is -2.26. The molecule has 84 valence electrons. The van der Waals surface area contributed by atoms with Gasteiger partial charge in [0.05, 0.1) is 10.2 Å². The SMILES string of the molecule is FC1CNCC1Oc1nc2ccccc2s1. The number of hydrogen-bond acceptors (Lipinski definition) is 4. The van der Waals surface area contributed by atoms with Crippen LogP contribution in [0.2, 0.25) is 0 Å². The molecule has 2 heterocycles. The number of para-hydroxylation sites is 1. The fourth-order valence-corrected chi connectivity index (χ4v) is 2.64. The van der Waals surface area contributed by atoms with Crippen molar-refractivity contribution < 1.29 is 9.13 Å². The number of fused-ring (bicyclic) bond motifs is 1. The molecule has 1 N–H and O–H groups in total. The van der Waals surface area contributed by atoms with Crippen molar-refractivity contribution in [3.8, 4) is 5.19 Å². The van der Waals surface area contributed by atoms with Crippen LogP contribution in [0.3, 0.4) is 0 Å². The maximum absolute atomic E-state index is 13.3. The van der Waals surface area contributed by atoms with Crippen molar-refractivity contribution in [2.24, 2.45) is 0 Å². The van der Waals surface area contributed by atoms with Crippen LogP contribution in [0.4, 0.5) is 4.39 Å². The van der Waals surface area contributed by atoms with E-state index in [1.807, 2.05) is 24.3 Å². The second-order valence-corrected chi connectivity index (χ2v) is 4.77. The van der Waals surface area contributed by atoms with Crippen LogP contribution in [0.1, 0.15) is 0 Å². The molecule has 1 saturated heterocycles. The molecule has 0 amide bonds. The molecule has 1 aromatic carbocycles. The fraction of sp³-hybridized carbons (Fsp3) is 0.364. The van der Waals surface area contributed by atoms with E-state index in [1.54, 1.807) is 0 Å². The molecule has 1 aliphatic rings. The van der Waals surface area contributed by atoms with Gasteiger partial charge in [-0.1, -0.05) is 23.5 Å². The van der Waals surface area contributed by atoms with Crippen LogP contribution in [0.15, 0.2) is 24.3 Å². The van der Waals surface area contributed by atoms with Crippen LogP contribution >= 0.6 is 11.3 Å². The molecule has 5 heteroatoms. The molecule has 0 radical (unpaired) electrons. The summed E-state index contributed by atoms with van der Waals surface area (Å²) in [5.74, 6) is 0. The first kappa shape index (κ1) is 9.99. The van der Waals surface area contributed by atoms with Crippen LogP contribution in [0.5, 0.6) is 5.19 Å². The average molecular weight is 238 g/mol. The molecule has 3 rings (SSSR count). The van der Waals surface area contributed by atoms with Crippen LogP contribution in [0.25, 0.3) is 10.2 Å². The van der Waals surface area contributed by atoms with Crippen molar-refractivity contribution >= 4 is 21.6 Å².